The molecule has 1 aromatic carbocycles. The van der Waals surface area contributed by atoms with Gasteiger partial charge in [-0.3, -0.25) is 4.99 Å². The molecule has 13 heavy (non-hydrogen) atoms. The van der Waals surface area contributed by atoms with Crippen molar-refractivity contribution in [1.82, 2.24) is 0 Å². The maximum atomic E-state index is 4.00. The van der Waals surface area contributed by atoms with Crippen LogP contribution in [0.2, 0.25) is 0 Å². The molecule has 1 nitrogen and oxygen atoms in total. The number of nitrogens with zero attached hydrogens (tertiary/aromatic N) is 1. The third-order valence-corrected chi connectivity index (χ3v) is 2.08. The molecule has 0 bridgehead atoms. The van der Waals surface area contributed by atoms with Crippen molar-refractivity contribution in [2.75, 3.05) is 0 Å². The van der Waals surface area contributed by atoms with Crippen LogP contribution in [0.15, 0.2) is 29.8 Å². The molecule has 0 radical (unpaired) electrons. The topological polar surface area (TPSA) is 12.4 Å². The van der Waals surface area contributed by atoms with Crippen molar-refractivity contribution < 1.29 is 0 Å². The first-order valence-electron chi connectivity index (χ1n) is 4.44. The van der Waals surface area contributed by atoms with Gasteiger partial charge >= 0.3 is 0 Å². The van der Waals surface area contributed by atoms with Gasteiger partial charge in [-0.05, 0) is 48.9 Å². The van der Waals surface area contributed by atoms with E-state index in [0.29, 0.717) is 0 Å². The Morgan fingerprint density at radius 2 is 2.08 bits per heavy atom. The van der Waals surface area contributed by atoms with E-state index in [-0.39, 0.29) is 0 Å². The highest BCUT2D eigenvalue weighted by atomic mass is 14.7. The number of hydrogen-bond donors (Lipinski definition) is 0. The smallest absolute Gasteiger partial charge is 0.0631 e. The number of hydrogen-bond acceptors (Lipinski definition) is 1. The summed E-state index contributed by atoms with van der Waals surface area (Å²) in [5.74, 6) is 0. The van der Waals surface area contributed by atoms with Crippen LogP contribution in [0.25, 0.3) is 5.57 Å². The van der Waals surface area contributed by atoms with Crippen molar-refractivity contribution >= 4 is 18.0 Å². The Kier molecular flexibility index (Phi) is 3.02. The first-order valence-corrected chi connectivity index (χ1v) is 4.44. The highest BCUT2D eigenvalue weighted by molar-refractivity contribution is 5.67. The lowest BCUT2D eigenvalue weighted by atomic mass is 10.0. The number of allylic oxidation sites excluding steroid dienone is 1. The van der Waals surface area contributed by atoms with Crippen LogP contribution in [0.5, 0.6) is 0 Å². The fourth-order valence-corrected chi connectivity index (χ4v) is 1.26. The summed E-state index contributed by atoms with van der Waals surface area (Å²) in [6, 6.07) is 6.16. The van der Waals surface area contributed by atoms with E-state index in [1.807, 2.05) is 12.1 Å². The average Bonchev–Trinajstić information content (AvgIpc) is 2.15. The lowest BCUT2D eigenvalue weighted by Gasteiger charge is -2.05. The first-order chi connectivity index (χ1) is 6.17. The molecule has 0 amide bonds. The van der Waals surface area contributed by atoms with Gasteiger partial charge in [0.1, 0.15) is 0 Å². The van der Waals surface area contributed by atoms with Crippen molar-refractivity contribution in [3.05, 3.63) is 35.9 Å². The SMILES string of the molecule is C=Nc1cc(C)cc(C(=C)CC)c1. The molecule has 1 heteroatoms. The highest BCUT2D eigenvalue weighted by Crippen LogP contribution is 2.23. The molecule has 0 aromatic heterocycles. The van der Waals surface area contributed by atoms with Crippen LogP contribution in [-0.2, 0) is 0 Å². The molecule has 0 N–H and O–H groups in total. The molecule has 0 spiro atoms. The van der Waals surface area contributed by atoms with E-state index in [1.165, 1.54) is 11.1 Å². The second-order valence-electron chi connectivity index (χ2n) is 3.17. The van der Waals surface area contributed by atoms with E-state index in [4.69, 9.17) is 0 Å². The van der Waals surface area contributed by atoms with Gasteiger partial charge in [0.25, 0.3) is 0 Å². The van der Waals surface area contributed by atoms with Gasteiger partial charge in [-0.25, -0.2) is 0 Å². The van der Waals surface area contributed by atoms with Gasteiger partial charge < -0.3 is 0 Å². The Morgan fingerprint density at radius 1 is 1.38 bits per heavy atom. The predicted octanol–water partition coefficient (Wildman–Crippen LogP) is 3.75. The molecule has 68 valence electrons. The van der Waals surface area contributed by atoms with E-state index < -0.39 is 0 Å². The third-order valence-electron chi connectivity index (χ3n) is 2.08. The van der Waals surface area contributed by atoms with Crippen LogP contribution in [0, 0.1) is 6.92 Å². The molecule has 0 aliphatic rings. The molecule has 1 aromatic rings. The van der Waals surface area contributed by atoms with Gasteiger partial charge in [0.15, 0.2) is 0 Å². The van der Waals surface area contributed by atoms with Gasteiger partial charge in [-0.2, -0.15) is 0 Å². The molecule has 0 unspecified atom stereocenters. The van der Waals surface area contributed by atoms with E-state index in [2.05, 4.69) is 38.2 Å². The summed E-state index contributed by atoms with van der Waals surface area (Å²) in [4.78, 5) is 3.92. The molecule has 0 atom stereocenters. The Hall–Kier alpha value is -1.37. The lowest BCUT2D eigenvalue weighted by Crippen LogP contribution is -1.82. The van der Waals surface area contributed by atoms with Crippen molar-refractivity contribution in [3.8, 4) is 0 Å². The maximum absolute atomic E-state index is 4.00. The van der Waals surface area contributed by atoms with Crippen molar-refractivity contribution in [1.29, 1.82) is 0 Å². The standard InChI is InChI=1S/C12H15N/c1-5-10(3)11-6-9(2)7-12(8-11)13-4/h6-8H,3-5H2,1-2H3. The monoisotopic (exact) mass is 173 g/mol. The summed E-state index contributed by atoms with van der Waals surface area (Å²) >= 11 is 0. The average molecular weight is 173 g/mol. The van der Waals surface area contributed by atoms with Crippen LogP contribution < -0.4 is 0 Å². The molecular weight excluding hydrogens is 158 g/mol. The summed E-state index contributed by atoms with van der Waals surface area (Å²) in [5, 5.41) is 0. The second kappa shape index (κ2) is 4.04. The second-order valence-corrected chi connectivity index (χ2v) is 3.17. The first kappa shape index (κ1) is 9.72. The molecule has 0 saturated carbocycles. The Bertz CT molecular complexity index is 337. The highest BCUT2D eigenvalue weighted by Gasteiger charge is 1.99. The van der Waals surface area contributed by atoms with E-state index in [9.17, 15) is 0 Å². The van der Waals surface area contributed by atoms with Crippen LogP contribution in [0.3, 0.4) is 0 Å². The minimum Gasteiger partial charge on any atom is -0.265 e. The fourth-order valence-electron chi connectivity index (χ4n) is 1.26. The molecule has 0 fully saturated rings. The molecule has 0 aliphatic carbocycles. The number of rotatable bonds is 3. The number of benzene rings is 1. The lowest BCUT2D eigenvalue weighted by molar-refractivity contribution is 1.24. The van der Waals surface area contributed by atoms with Crippen LogP contribution in [0.4, 0.5) is 5.69 Å². The minimum atomic E-state index is 0.921. The quantitative estimate of drug-likeness (QED) is 0.617. The molecule has 0 aliphatic heterocycles. The van der Waals surface area contributed by atoms with E-state index in [0.717, 1.165) is 17.7 Å². The fraction of sp³-hybridized carbons (Fsp3) is 0.250. The van der Waals surface area contributed by atoms with E-state index in [1.54, 1.807) is 0 Å². The predicted molar refractivity (Wildman–Crippen MR) is 59.7 cm³/mol. The third kappa shape index (κ3) is 2.28. The Morgan fingerprint density at radius 3 is 2.62 bits per heavy atom. The summed E-state index contributed by atoms with van der Waals surface area (Å²) in [6.07, 6.45) is 0.972. The van der Waals surface area contributed by atoms with Gasteiger partial charge in [0.05, 0.1) is 5.69 Å². The minimum absolute atomic E-state index is 0.921. The zero-order valence-corrected chi connectivity index (χ0v) is 8.30. The van der Waals surface area contributed by atoms with Crippen LogP contribution in [0.1, 0.15) is 24.5 Å². The van der Waals surface area contributed by atoms with E-state index >= 15 is 0 Å². The number of aryl methyl sites for hydroxylation is 1. The Balaban J connectivity index is 3.15. The summed E-state index contributed by atoms with van der Waals surface area (Å²) in [6.45, 7) is 11.7. The molecule has 0 heterocycles. The molecule has 1 rings (SSSR count). The van der Waals surface area contributed by atoms with Crippen molar-refractivity contribution in [2.24, 2.45) is 4.99 Å². The summed E-state index contributed by atoms with van der Waals surface area (Å²) in [5.41, 5.74) is 4.44. The number of aliphatic imine (C=N–C) groups is 1. The maximum Gasteiger partial charge on any atom is 0.0631 e. The molecular formula is C12H15N. The largest absolute Gasteiger partial charge is 0.265 e. The normalized spacial score (nSPS) is 9.69. The van der Waals surface area contributed by atoms with Crippen molar-refractivity contribution in [3.63, 3.8) is 0 Å². The van der Waals surface area contributed by atoms with Crippen molar-refractivity contribution in [2.45, 2.75) is 20.3 Å². The van der Waals surface area contributed by atoms with Gasteiger partial charge in [0.2, 0.25) is 0 Å². The van der Waals surface area contributed by atoms with Crippen LogP contribution in [-0.4, -0.2) is 6.72 Å². The zero-order chi connectivity index (χ0) is 9.84. The van der Waals surface area contributed by atoms with Crippen LogP contribution >= 0.6 is 0 Å². The molecule has 0 saturated heterocycles. The Labute approximate surface area is 79.8 Å². The summed E-state index contributed by atoms with van der Waals surface area (Å²) in [7, 11) is 0. The summed E-state index contributed by atoms with van der Waals surface area (Å²) < 4.78 is 0. The van der Waals surface area contributed by atoms with Gasteiger partial charge in [-0.1, -0.05) is 19.6 Å². The zero-order valence-electron chi connectivity index (χ0n) is 8.30. The van der Waals surface area contributed by atoms with Gasteiger partial charge in [-0.15, -0.1) is 0 Å². The van der Waals surface area contributed by atoms with Gasteiger partial charge in [0, 0.05) is 0 Å².